The Labute approximate surface area is 161 Å². The van der Waals surface area contributed by atoms with Gasteiger partial charge in [0.15, 0.2) is 0 Å². The minimum atomic E-state index is -0.131. The molecule has 0 bridgehead atoms. The van der Waals surface area contributed by atoms with Gasteiger partial charge < -0.3 is 10.2 Å². The normalized spacial score (nSPS) is 54.9. The monoisotopic (exact) mass is 362 g/mol. The Bertz CT molecular complexity index is 518. The number of aliphatic hydroxyl groups excluding tert-OH is 2. The summed E-state index contributed by atoms with van der Waals surface area (Å²) in [4.78, 5) is 0. The van der Waals surface area contributed by atoms with Crippen LogP contribution >= 0.6 is 0 Å². The van der Waals surface area contributed by atoms with Crippen molar-refractivity contribution < 1.29 is 10.2 Å². The molecule has 0 radical (unpaired) electrons. The molecule has 4 aliphatic rings. The predicted molar refractivity (Wildman–Crippen MR) is 107 cm³/mol. The van der Waals surface area contributed by atoms with Gasteiger partial charge >= 0.3 is 0 Å². The van der Waals surface area contributed by atoms with E-state index in [9.17, 15) is 10.2 Å². The van der Waals surface area contributed by atoms with Crippen LogP contribution in [0, 0.1) is 46.3 Å². The summed E-state index contributed by atoms with van der Waals surface area (Å²) in [6, 6.07) is 0. The van der Waals surface area contributed by atoms with Gasteiger partial charge in [0, 0.05) is 0 Å². The van der Waals surface area contributed by atoms with Crippen LogP contribution in [0.4, 0.5) is 0 Å². The standard InChI is InChI=1S/C24H42O2/c1-5-6-15(2)18-7-8-19-22-20(10-12-24(18,19)4)23(3)11-9-17(25)13-16(23)14-21(22)26/h15-22,25-26H,5-14H2,1-4H3/t15-,16+,17+,18-,19?,20?,21?,22+,23+,24-/m1/s1. The number of hydrogen-bond donors (Lipinski definition) is 2. The zero-order chi connectivity index (χ0) is 18.7. The largest absolute Gasteiger partial charge is 0.393 e. The van der Waals surface area contributed by atoms with Crippen LogP contribution in [0.25, 0.3) is 0 Å². The molecular formula is C24H42O2. The molecule has 4 rings (SSSR count). The zero-order valence-corrected chi connectivity index (χ0v) is 17.6. The van der Waals surface area contributed by atoms with Crippen LogP contribution in [-0.2, 0) is 0 Å². The third-order valence-corrected chi connectivity index (χ3v) is 10.2. The van der Waals surface area contributed by atoms with E-state index in [4.69, 9.17) is 0 Å². The van der Waals surface area contributed by atoms with E-state index in [1.54, 1.807) is 0 Å². The van der Waals surface area contributed by atoms with Crippen LogP contribution in [0.15, 0.2) is 0 Å². The number of fused-ring (bicyclic) bond motifs is 5. The highest BCUT2D eigenvalue weighted by molar-refractivity contribution is 5.11. The van der Waals surface area contributed by atoms with E-state index >= 15 is 0 Å². The van der Waals surface area contributed by atoms with Crippen molar-refractivity contribution in [3.63, 3.8) is 0 Å². The van der Waals surface area contributed by atoms with Gasteiger partial charge in [-0.3, -0.25) is 0 Å². The summed E-state index contributed by atoms with van der Waals surface area (Å²) < 4.78 is 0. The Morgan fingerprint density at radius 2 is 1.62 bits per heavy atom. The van der Waals surface area contributed by atoms with Crippen LogP contribution in [0.5, 0.6) is 0 Å². The fourth-order valence-electron chi connectivity index (χ4n) is 8.83. The van der Waals surface area contributed by atoms with Crippen molar-refractivity contribution >= 4 is 0 Å². The second-order valence-corrected chi connectivity index (χ2v) is 11.2. The fraction of sp³-hybridized carbons (Fsp3) is 1.00. The van der Waals surface area contributed by atoms with E-state index in [2.05, 4.69) is 27.7 Å². The molecule has 2 heteroatoms. The molecule has 26 heavy (non-hydrogen) atoms. The predicted octanol–water partition coefficient (Wildman–Crippen LogP) is 5.41. The number of hydrogen-bond acceptors (Lipinski definition) is 2. The average molecular weight is 363 g/mol. The first-order valence-corrected chi connectivity index (χ1v) is 11.7. The van der Waals surface area contributed by atoms with Gasteiger partial charge in [0.25, 0.3) is 0 Å². The molecule has 0 aromatic rings. The van der Waals surface area contributed by atoms with E-state index in [1.165, 1.54) is 44.9 Å². The van der Waals surface area contributed by atoms with Gasteiger partial charge in [-0.1, -0.05) is 40.5 Å². The maximum atomic E-state index is 11.3. The third-order valence-electron chi connectivity index (χ3n) is 10.2. The van der Waals surface area contributed by atoms with Crippen molar-refractivity contribution in [2.75, 3.05) is 0 Å². The van der Waals surface area contributed by atoms with Crippen LogP contribution < -0.4 is 0 Å². The Morgan fingerprint density at radius 1 is 0.923 bits per heavy atom. The zero-order valence-electron chi connectivity index (χ0n) is 17.6. The molecule has 4 saturated carbocycles. The second-order valence-electron chi connectivity index (χ2n) is 11.2. The van der Waals surface area contributed by atoms with E-state index in [1.807, 2.05) is 0 Å². The molecule has 4 fully saturated rings. The molecule has 10 atom stereocenters. The van der Waals surface area contributed by atoms with Crippen molar-refractivity contribution in [3.8, 4) is 0 Å². The molecule has 0 aliphatic heterocycles. The van der Waals surface area contributed by atoms with Gasteiger partial charge in [-0.2, -0.15) is 0 Å². The summed E-state index contributed by atoms with van der Waals surface area (Å²) in [6.45, 7) is 9.92. The molecule has 0 saturated heterocycles. The molecule has 0 amide bonds. The molecule has 0 aromatic carbocycles. The minimum absolute atomic E-state index is 0.128. The van der Waals surface area contributed by atoms with Crippen molar-refractivity contribution in [2.45, 2.75) is 104 Å². The van der Waals surface area contributed by atoms with Gasteiger partial charge in [-0.05, 0) is 97.7 Å². The number of rotatable bonds is 3. The molecule has 2 nitrogen and oxygen atoms in total. The molecule has 150 valence electrons. The second kappa shape index (κ2) is 6.76. The summed E-state index contributed by atoms with van der Waals surface area (Å²) in [6.07, 6.45) is 11.8. The van der Waals surface area contributed by atoms with Crippen LogP contribution in [0.2, 0.25) is 0 Å². The Hall–Kier alpha value is -0.0800. The van der Waals surface area contributed by atoms with Crippen LogP contribution in [0.3, 0.4) is 0 Å². The maximum Gasteiger partial charge on any atom is 0.0577 e. The Morgan fingerprint density at radius 3 is 2.35 bits per heavy atom. The number of aliphatic hydroxyl groups is 2. The molecule has 0 heterocycles. The molecular weight excluding hydrogens is 320 g/mol. The van der Waals surface area contributed by atoms with E-state index in [0.29, 0.717) is 28.6 Å². The smallest absolute Gasteiger partial charge is 0.0577 e. The minimum Gasteiger partial charge on any atom is -0.393 e. The third kappa shape index (κ3) is 2.72. The lowest BCUT2D eigenvalue weighted by Crippen LogP contribution is -2.58. The maximum absolute atomic E-state index is 11.3. The fourth-order valence-corrected chi connectivity index (χ4v) is 8.83. The first-order chi connectivity index (χ1) is 12.3. The average Bonchev–Trinajstić information content (AvgIpc) is 2.94. The lowest BCUT2D eigenvalue weighted by molar-refractivity contribution is -0.174. The first kappa shape index (κ1) is 19.2. The highest BCUT2D eigenvalue weighted by Crippen LogP contribution is 2.68. The molecule has 4 aliphatic carbocycles. The highest BCUT2D eigenvalue weighted by atomic mass is 16.3. The van der Waals surface area contributed by atoms with Crippen molar-refractivity contribution in [1.82, 2.24) is 0 Å². The van der Waals surface area contributed by atoms with Gasteiger partial charge in [0.2, 0.25) is 0 Å². The lowest BCUT2D eigenvalue weighted by Gasteiger charge is -2.62. The van der Waals surface area contributed by atoms with Crippen LogP contribution in [0.1, 0.15) is 91.9 Å². The molecule has 3 unspecified atom stereocenters. The molecule has 0 aromatic heterocycles. The Kier molecular flexibility index (Phi) is 5.01. The van der Waals surface area contributed by atoms with E-state index < -0.39 is 0 Å². The highest BCUT2D eigenvalue weighted by Gasteiger charge is 2.62. The van der Waals surface area contributed by atoms with Crippen molar-refractivity contribution in [3.05, 3.63) is 0 Å². The van der Waals surface area contributed by atoms with Crippen molar-refractivity contribution in [2.24, 2.45) is 46.3 Å². The van der Waals surface area contributed by atoms with Crippen molar-refractivity contribution in [1.29, 1.82) is 0 Å². The van der Waals surface area contributed by atoms with Crippen LogP contribution in [-0.4, -0.2) is 22.4 Å². The SMILES string of the molecule is CCC[C@@H](C)[C@H]1CCC2[C@@H]3C(O)C[C@@H]4C[C@@H](O)CC[C@]4(C)C3CC[C@@]21C. The summed E-state index contributed by atoms with van der Waals surface area (Å²) >= 11 is 0. The van der Waals surface area contributed by atoms with E-state index in [0.717, 1.165) is 37.0 Å². The van der Waals surface area contributed by atoms with Gasteiger partial charge in [0.1, 0.15) is 0 Å². The van der Waals surface area contributed by atoms with E-state index in [-0.39, 0.29) is 12.2 Å². The molecule has 2 N–H and O–H groups in total. The molecule has 0 spiro atoms. The quantitative estimate of drug-likeness (QED) is 0.704. The summed E-state index contributed by atoms with van der Waals surface area (Å²) in [5, 5.41) is 21.5. The summed E-state index contributed by atoms with van der Waals surface area (Å²) in [7, 11) is 0. The Balaban J connectivity index is 1.61. The van der Waals surface area contributed by atoms with Gasteiger partial charge in [-0.15, -0.1) is 0 Å². The van der Waals surface area contributed by atoms with Gasteiger partial charge in [0.05, 0.1) is 12.2 Å². The summed E-state index contributed by atoms with van der Waals surface area (Å²) in [5.41, 5.74) is 0.811. The topological polar surface area (TPSA) is 40.5 Å². The first-order valence-electron chi connectivity index (χ1n) is 11.7. The van der Waals surface area contributed by atoms with Gasteiger partial charge in [-0.25, -0.2) is 0 Å². The summed E-state index contributed by atoms with van der Waals surface area (Å²) in [5.74, 6) is 4.15. The lowest BCUT2D eigenvalue weighted by atomic mass is 9.43.